The summed E-state index contributed by atoms with van der Waals surface area (Å²) in [5, 5.41) is 2.78. The smallest absolute Gasteiger partial charge is 0.407 e. The first-order valence-electron chi connectivity index (χ1n) is 5.85. The molecule has 0 aromatic heterocycles. The average Bonchev–Trinajstić information content (AvgIpc) is 2.73. The van der Waals surface area contributed by atoms with Crippen molar-refractivity contribution in [2.75, 3.05) is 25.6 Å². The van der Waals surface area contributed by atoms with Crippen LogP contribution < -0.4 is 10.2 Å². The fourth-order valence-electron chi connectivity index (χ4n) is 1.88. The van der Waals surface area contributed by atoms with Gasteiger partial charge in [-0.1, -0.05) is 12.1 Å². The lowest BCUT2D eigenvalue weighted by molar-refractivity contribution is 0.176. The average molecular weight is 234 g/mol. The monoisotopic (exact) mass is 234 g/mol. The van der Waals surface area contributed by atoms with Crippen molar-refractivity contribution in [3.8, 4) is 0 Å². The first-order valence-corrected chi connectivity index (χ1v) is 5.85. The predicted octanol–water partition coefficient (Wildman–Crippen LogP) is 1.79. The Hall–Kier alpha value is -1.71. The number of anilines is 1. The second-order valence-corrected chi connectivity index (χ2v) is 4.54. The van der Waals surface area contributed by atoms with E-state index in [4.69, 9.17) is 4.74 Å². The molecule has 0 bridgehead atoms. The first-order chi connectivity index (χ1) is 8.15. The van der Waals surface area contributed by atoms with Crippen molar-refractivity contribution in [1.82, 2.24) is 5.32 Å². The summed E-state index contributed by atoms with van der Waals surface area (Å²) in [7, 11) is 4.06. The fourth-order valence-corrected chi connectivity index (χ4v) is 1.88. The SMILES string of the molecule is CN(C)c1ccc(CCC2COC(=O)N2)cc1. The molecular weight excluding hydrogens is 216 g/mol. The van der Waals surface area contributed by atoms with Gasteiger partial charge in [-0.15, -0.1) is 0 Å². The molecule has 1 atom stereocenters. The number of nitrogens with one attached hydrogen (secondary N) is 1. The van der Waals surface area contributed by atoms with Gasteiger partial charge in [-0.05, 0) is 30.5 Å². The number of hydrogen-bond acceptors (Lipinski definition) is 3. The Kier molecular flexibility index (Phi) is 3.52. The van der Waals surface area contributed by atoms with Crippen LogP contribution in [0.15, 0.2) is 24.3 Å². The van der Waals surface area contributed by atoms with Crippen LogP contribution in [-0.4, -0.2) is 32.8 Å². The van der Waals surface area contributed by atoms with Gasteiger partial charge in [0.2, 0.25) is 0 Å². The highest BCUT2D eigenvalue weighted by Crippen LogP contribution is 2.14. The van der Waals surface area contributed by atoms with Crippen LogP contribution in [0.25, 0.3) is 0 Å². The number of carbonyl (C=O) groups is 1. The molecule has 1 unspecified atom stereocenters. The van der Waals surface area contributed by atoms with E-state index in [0.717, 1.165) is 12.8 Å². The maximum Gasteiger partial charge on any atom is 0.407 e. The number of cyclic esters (lactones) is 1. The summed E-state index contributed by atoms with van der Waals surface area (Å²) in [6, 6.07) is 8.65. The molecule has 0 spiro atoms. The minimum absolute atomic E-state index is 0.163. The highest BCUT2D eigenvalue weighted by Gasteiger charge is 2.21. The van der Waals surface area contributed by atoms with Crippen molar-refractivity contribution in [1.29, 1.82) is 0 Å². The molecule has 0 aliphatic carbocycles. The van der Waals surface area contributed by atoms with Crippen LogP contribution in [0.5, 0.6) is 0 Å². The number of carbonyl (C=O) groups excluding carboxylic acids is 1. The van der Waals surface area contributed by atoms with Crippen LogP contribution in [0, 0.1) is 0 Å². The summed E-state index contributed by atoms with van der Waals surface area (Å²) < 4.78 is 4.85. The Labute approximate surface area is 102 Å². The van der Waals surface area contributed by atoms with Gasteiger partial charge in [-0.3, -0.25) is 0 Å². The number of aryl methyl sites for hydroxylation is 1. The lowest BCUT2D eigenvalue weighted by Crippen LogP contribution is -2.26. The van der Waals surface area contributed by atoms with Crippen LogP contribution in [0.4, 0.5) is 10.5 Å². The zero-order chi connectivity index (χ0) is 12.3. The maximum atomic E-state index is 10.8. The van der Waals surface area contributed by atoms with E-state index in [0.29, 0.717) is 6.61 Å². The number of hydrogen-bond donors (Lipinski definition) is 1. The highest BCUT2D eigenvalue weighted by molar-refractivity contribution is 5.69. The van der Waals surface area contributed by atoms with Crippen molar-refractivity contribution in [3.05, 3.63) is 29.8 Å². The molecule has 4 heteroatoms. The number of alkyl carbamates (subject to hydrolysis) is 1. The van der Waals surface area contributed by atoms with E-state index in [2.05, 4.69) is 34.5 Å². The Morgan fingerprint density at radius 2 is 2.06 bits per heavy atom. The van der Waals surface area contributed by atoms with Crippen LogP contribution in [0.2, 0.25) is 0 Å². The van der Waals surface area contributed by atoms with Gasteiger partial charge >= 0.3 is 6.09 Å². The molecule has 17 heavy (non-hydrogen) atoms. The molecule has 1 aromatic rings. The lowest BCUT2D eigenvalue weighted by Gasteiger charge is -2.13. The molecular formula is C13H18N2O2. The van der Waals surface area contributed by atoms with Crippen molar-refractivity contribution < 1.29 is 9.53 Å². The third-order valence-corrected chi connectivity index (χ3v) is 2.97. The number of benzene rings is 1. The Morgan fingerprint density at radius 1 is 1.35 bits per heavy atom. The van der Waals surface area contributed by atoms with Gasteiger partial charge in [0.1, 0.15) is 6.61 Å². The van der Waals surface area contributed by atoms with Gasteiger partial charge in [-0.2, -0.15) is 0 Å². The summed E-state index contributed by atoms with van der Waals surface area (Å²) in [6.45, 7) is 0.495. The molecule has 2 rings (SSSR count). The third-order valence-electron chi connectivity index (χ3n) is 2.97. The molecule has 0 radical (unpaired) electrons. The van der Waals surface area contributed by atoms with Gasteiger partial charge in [0.25, 0.3) is 0 Å². The molecule has 1 aliphatic rings. The van der Waals surface area contributed by atoms with Crippen LogP contribution in [0.1, 0.15) is 12.0 Å². The Bertz CT molecular complexity index is 387. The quantitative estimate of drug-likeness (QED) is 0.863. The maximum absolute atomic E-state index is 10.8. The van der Waals surface area contributed by atoms with Gasteiger partial charge in [0.15, 0.2) is 0 Å². The number of rotatable bonds is 4. The highest BCUT2D eigenvalue weighted by atomic mass is 16.6. The zero-order valence-electron chi connectivity index (χ0n) is 10.3. The van der Waals surface area contributed by atoms with Crippen molar-refractivity contribution in [2.24, 2.45) is 0 Å². The summed E-state index contributed by atoms with van der Waals surface area (Å²) in [6.07, 6.45) is 1.59. The second-order valence-electron chi connectivity index (χ2n) is 4.54. The molecule has 4 nitrogen and oxygen atoms in total. The van der Waals surface area contributed by atoms with E-state index < -0.39 is 0 Å². The molecule has 92 valence electrons. The second kappa shape index (κ2) is 5.08. The topological polar surface area (TPSA) is 41.6 Å². The largest absolute Gasteiger partial charge is 0.447 e. The molecule has 1 heterocycles. The summed E-state index contributed by atoms with van der Waals surface area (Å²) in [4.78, 5) is 12.9. The zero-order valence-corrected chi connectivity index (χ0v) is 10.3. The van der Waals surface area contributed by atoms with Crippen LogP contribution in [0.3, 0.4) is 0 Å². The normalized spacial score (nSPS) is 18.7. The minimum atomic E-state index is -0.294. The van der Waals surface area contributed by atoms with E-state index in [1.54, 1.807) is 0 Å². The van der Waals surface area contributed by atoms with Crippen molar-refractivity contribution in [3.63, 3.8) is 0 Å². The summed E-state index contributed by atoms with van der Waals surface area (Å²) in [5.41, 5.74) is 2.49. The molecule has 1 saturated heterocycles. The standard InChI is InChI=1S/C13H18N2O2/c1-15(2)12-7-4-10(5-8-12)3-6-11-9-17-13(16)14-11/h4-5,7-8,11H,3,6,9H2,1-2H3,(H,14,16). The van der Waals surface area contributed by atoms with E-state index in [1.807, 2.05) is 14.1 Å². The van der Waals surface area contributed by atoms with Crippen LogP contribution >= 0.6 is 0 Å². The van der Waals surface area contributed by atoms with Crippen molar-refractivity contribution >= 4 is 11.8 Å². The Balaban J connectivity index is 1.85. The molecule has 1 aromatic carbocycles. The molecule has 1 N–H and O–H groups in total. The number of ether oxygens (including phenoxy) is 1. The van der Waals surface area contributed by atoms with Gasteiger partial charge < -0.3 is 15.0 Å². The van der Waals surface area contributed by atoms with Gasteiger partial charge in [0, 0.05) is 19.8 Å². The van der Waals surface area contributed by atoms with Gasteiger partial charge in [0.05, 0.1) is 6.04 Å². The number of amides is 1. The van der Waals surface area contributed by atoms with E-state index in [9.17, 15) is 4.79 Å². The third kappa shape index (κ3) is 3.12. The van der Waals surface area contributed by atoms with Crippen molar-refractivity contribution in [2.45, 2.75) is 18.9 Å². The molecule has 1 aliphatic heterocycles. The van der Waals surface area contributed by atoms with Gasteiger partial charge in [-0.25, -0.2) is 4.79 Å². The fraction of sp³-hybridized carbons (Fsp3) is 0.462. The number of nitrogens with zero attached hydrogens (tertiary/aromatic N) is 1. The lowest BCUT2D eigenvalue weighted by atomic mass is 10.1. The Morgan fingerprint density at radius 3 is 2.59 bits per heavy atom. The van der Waals surface area contributed by atoms with E-state index >= 15 is 0 Å². The predicted molar refractivity (Wildman–Crippen MR) is 67.4 cm³/mol. The van der Waals surface area contributed by atoms with E-state index in [-0.39, 0.29) is 12.1 Å². The summed E-state index contributed by atoms with van der Waals surface area (Å²) in [5.74, 6) is 0. The van der Waals surface area contributed by atoms with E-state index in [1.165, 1.54) is 11.3 Å². The molecule has 1 fully saturated rings. The summed E-state index contributed by atoms with van der Waals surface area (Å²) >= 11 is 0. The van der Waals surface area contributed by atoms with Crippen LogP contribution in [-0.2, 0) is 11.2 Å². The minimum Gasteiger partial charge on any atom is -0.447 e. The molecule has 1 amide bonds. The molecule has 0 saturated carbocycles. The first kappa shape index (κ1) is 11.8.